The quantitative estimate of drug-likeness (QED) is 0.279. The van der Waals surface area contributed by atoms with Crippen LogP contribution in [0.4, 0.5) is 16.4 Å². The number of likely N-dealkylation sites (tertiary alicyclic amines) is 1. The summed E-state index contributed by atoms with van der Waals surface area (Å²) in [6, 6.07) is 15.4. The first-order chi connectivity index (χ1) is 19.9. The molecule has 42 heavy (non-hydrogen) atoms. The fraction of sp³-hybridized carbons (Fsp3) is 0.455. The largest absolute Gasteiger partial charge is 0.487 e. The van der Waals surface area contributed by atoms with Crippen LogP contribution in [0, 0.1) is 12.0 Å². The lowest BCUT2D eigenvalue weighted by Gasteiger charge is -2.53. The third kappa shape index (κ3) is 6.63. The highest BCUT2D eigenvalue weighted by atomic mass is 35.5. The number of rotatable bonds is 6. The molecule has 2 aliphatic rings. The summed E-state index contributed by atoms with van der Waals surface area (Å²) in [7, 11) is 0. The van der Waals surface area contributed by atoms with E-state index in [0.717, 1.165) is 61.6 Å². The molecule has 3 aromatic rings. The average molecular weight is 588 g/mol. The molecule has 2 aromatic carbocycles. The lowest BCUT2D eigenvalue weighted by atomic mass is 9.72. The number of amides is 1. The van der Waals surface area contributed by atoms with Crippen LogP contribution < -0.4 is 9.64 Å². The molecule has 1 amide bonds. The van der Waals surface area contributed by atoms with Gasteiger partial charge in [0.05, 0.1) is 12.3 Å². The van der Waals surface area contributed by atoms with Gasteiger partial charge in [-0.25, -0.2) is 19.6 Å². The third-order valence-electron chi connectivity index (χ3n) is 8.21. The van der Waals surface area contributed by atoms with Gasteiger partial charge in [0, 0.05) is 48.2 Å². The fourth-order valence-corrected chi connectivity index (χ4v) is 5.85. The first kappa shape index (κ1) is 29.7. The molecule has 0 unspecified atom stereocenters. The predicted molar refractivity (Wildman–Crippen MR) is 164 cm³/mol. The molecule has 0 atom stereocenters. The van der Waals surface area contributed by atoms with E-state index in [4.69, 9.17) is 32.6 Å². The topological polar surface area (TPSA) is 72.2 Å². The van der Waals surface area contributed by atoms with Crippen molar-refractivity contribution in [2.24, 2.45) is 5.41 Å². The predicted octanol–water partition coefficient (Wildman–Crippen LogP) is 7.42. The Bertz CT molecular complexity index is 1480. The van der Waals surface area contributed by atoms with Crippen molar-refractivity contribution in [3.05, 3.63) is 88.0 Å². The van der Waals surface area contributed by atoms with Crippen LogP contribution in [0.2, 0.25) is 5.02 Å². The maximum absolute atomic E-state index is 12.4. The number of benzene rings is 2. The van der Waals surface area contributed by atoms with Crippen molar-refractivity contribution in [1.82, 2.24) is 14.9 Å². The van der Waals surface area contributed by atoms with E-state index in [1.807, 2.05) is 68.1 Å². The average Bonchev–Trinajstić information content (AvgIpc) is 2.94. The molecule has 5 rings (SSSR count). The van der Waals surface area contributed by atoms with Crippen LogP contribution in [-0.4, -0.2) is 52.7 Å². The van der Waals surface area contributed by atoms with E-state index in [2.05, 4.69) is 28.6 Å². The minimum Gasteiger partial charge on any atom is -0.487 e. The molecule has 1 aromatic heterocycles. The molecule has 0 bridgehead atoms. The molecule has 9 heteroatoms. The Morgan fingerprint density at radius 3 is 2.36 bits per heavy atom. The van der Waals surface area contributed by atoms with Crippen LogP contribution in [0.5, 0.6) is 5.75 Å². The molecule has 3 heterocycles. The van der Waals surface area contributed by atoms with Gasteiger partial charge in [-0.15, -0.1) is 0 Å². The zero-order valence-electron chi connectivity index (χ0n) is 25.0. The molecule has 220 valence electrons. The Kier molecular flexibility index (Phi) is 8.08. The summed E-state index contributed by atoms with van der Waals surface area (Å²) in [5, 5.41) is 0.563. The van der Waals surface area contributed by atoms with Crippen LogP contribution in [0.3, 0.4) is 0 Å². The number of piperidine rings is 1. The van der Waals surface area contributed by atoms with Gasteiger partial charge >= 0.3 is 6.09 Å². The van der Waals surface area contributed by atoms with Gasteiger partial charge < -0.3 is 19.3 Å². The number of nitrogens with zero attached hydrogens (tertiary/aromatic N) is 5. The molecule has 0 N–H and O–H groups in total. The zero-order valence-corrected chi connectivity index (χ0v) is 25.7. The smallest absolute Gasteiger partial charge is 0.410 e. The van der Waals surface area contributed by atoms with Gasteiger partial charge in [0.25, 0.3) is 0 Å². The van der Waals surface area contributed by atoms with Gasteiger partial charge in [0.1, 0.15) is 18.0 Å². The first-order valence-corrected chi connectivity index (χ1v) is 14.7. The van der Waals surface area contributed by atoms with Crippen molar-refractivity contribution in [2.45, 2.75) is 65.1 Å². The number of halogens is 1. The van der Waals surface area contributed by atoms with E-state index in [1.165, 1.54) is 0 Å². The van der Waals surface area contributed by atoms with Crippen LogP contribution in [-0.2, 0) is 16.8 Å². The molecule has 1 spiro atoms. The van der Waals surface area contributed by atoms with Gasteiger partial charge in [-0.3, -0.25) is 0 Å². The highest BCUT2D eigenvalue weighted by Crippen LogP contribution is 2.41. The van der Waals surface area contributed by atoms with E-state index < -0.39 is 5.60 Å². The molecule has 2 fully saturated rings. The second kappa shape index (κ2) is 11.4. The van der Waals surface area contributed by atoms with Gasteiger partial charge in [-0.2, -0.15) is 0 Å². The Morgan fingerprint density at radius 1 is 1.02 bits per heavy atom. The number of carbonyl (C=O) groups is 1. The SMILES string of the molecule is [C-]#[N+]c1cc(Cl)cc(C(C)(C)c2ccc(OCc3ccnc(N4CCC5(CC4)CN(C(=O)OC(C)(C)C)C5)n3)cc2)c1. The molecular formula is C33H38ClN5O3. The van der Waals surface area contributed by atoms with E-state index in [1.54, 1.807) is 12.3 Å². The number of aromatic nitrogens is 2. The van der Waals surface area contributed by atoms with Gasteiger partial charge in [0.15, 0.2) is 5.69 Å². The second-order valence-corrected chi connectivity index (χ2v) is 13.4. The van der Waals surface area contributed by atoms with Crippen molar-refractivity contribution >= 4 is 29.3 Å². The number of carbonyl (C=O) groups excluding carboxylic acids is 1. The highest BCUT2D eigenvalue weighted by Gasteiger charge is 2.48. The minimum atomic E-state index is -0.474. The monoisotopic (exact) mass is 587 g/mol. The summed E-state index contributed by atoms with van der Waals surface area (Å²) in [5.74, 6) is 1.47. The normalized spacial score (nSPS) is 16.5. The summed E-state index contributed by atoms with van der Waals surface area (Å²) < 4.78 is 11.6. The van der Waals surface area contributed by atoms with Crippen LogP contribution >= 0.6 is 11.6 Å². The Hall–Kier alpha value is -3.83. The van der Waals surface area contributed by atoms with E-state index >= 15 is 0 Å². The van der Waals surface area contributed by atoms with Gasteiger partial charge in [-0.05, 0) is 75.1 Å². The second-order valence-electron chi connectivity index (χ2n) is 12.9. The maximum Gasteiger partial charge on any atom is 0.410 e. The lowest BCUT2D eigenvalue weighted by Crippen LogP contribution is -2.62. The third-order valence-corrected chi connectivity index (χ3v) is 8.43. The lowest BCUT2D eigenvalue weighted by molar-refractivity contribution is -0.0435. The standard InChI is InChI=1S/C33H38ClN5O3/c1-31(2,3)42-30(40)39-21-33(22-39)12-15-38(16-13-33)29-36-14-11-26(37-29)20-41-28-9-7-23(8-10-28)32(4,5)24-17-25(34)19-27(18-24)35-6/h7-11,14,17-19H,12-13,15-16,20-22H2,1-5H3. The fourth-order valence-electron chi connectivity index (χ4n) is 5.62. The Labute approximate surface area is 253 Å². The zero-order chi connectivity index (χ0) is 30.1. The molecule has 8 nitrogen and oxygen atoms in total. The molecule has 2 saturated heterocycles. The van der Waals surface area contributed by atoms with Crippen LogP contribution in [0.1, 0.15) is 64.3 Å². The molecule has 2 aliphatic heterocycles. The molecule has 0 saturated carbocycles. The summed E-state index contributed by atoms with van der Waals surface area (Å²) in [6.07, 6.45) is 3.55. The van der Waals surface area contributed by atoms with Gasteiger partial charge in [0.2, 0.25) is 5.95 Å². The minimum absolute atomic E-state index is 0.168. The number of anilines is 1. The van der Waals surface area contributed by atoms with Crippen molar-refractivity contribution in [2.75, 3.05) is 31.1 Å². The summed E-state index contributed by atoms with van der Waals surface area (Å²) in [6.45, 7) is 20.8. The Balaban J connectivity index is 1.15. The summed E-state index contributed by atoms with van der Waals surface area (Å²) in [4.78, 5) is 29.2. The van der Waals surface area contributed by atoms with Gasteiger partial charge in [-0.1, -0.05) is 43.6 Å². The summed E-state index contributed by atoms with van der Waals surface area (Å²) >= 11 is 6.27. The molecule has 0 radical (unpaired) electrons. The van der Waals surface area contributed by atoms with E-state index in [-0.39, 0.29) is 16.9 Å². The maximum atomic E-state index is 12.4. The number of ether oxygens (including phenoxy) is 2. The van der Waals surface area contributed by atoms with Crippen LogP contribution in [0.15, 0.2) is 54.7 Å². The summed E-state index contributed by atoms with van der Waals surface area (Å²) in [5.41, 5.74) is 2.80. The van der Waals surface area contributed by atoms with E-state index in [9.17, 15) is 4.79 Å². The van der Waals surface area contributed by atoms with Crippen LogP contribution in [0.25, 0.3) is 4.85 Å². The first-order valence-electron chi connectivity index (χ1n) is 14.3. The van der Waals surface area contributed by atoms with E-state index in [0.29, 0.717) is 23.3 Å². The van der Waals surface area contributed by atoms with Crippen molar-refractivity contribution < 1.29 is 14.3 Å². The van der Waals surface area contributed by atoms with Crippen molar-refractivity contribution in [1.29, 1.82) is 0 Å². The highest BCUT2D eigenvalue weighted by molar-refractivity contribution is 6.31. The molecule has 0 aliphatic carbocycles. The molecular weight excluding hydrogens is 550 g/mol. The Morgan fingerprint density at radius 2 is 1.71 bits per heavy atom. The number of hydrogen-bond donors (Lipinski definition) is 0. The number of hydrogen-bond acceptors (Lipinski definition) is 6. The van der Waals surface area contributed by atoms with Crippen molar-refractivity contribution in [3.8, 4) is 5.75 Å². The van der Waals surface area contributed by atoms with Crippen molar-refractivity contribution in [3.63, 3.8) is 0 Å².